The lowest BCUT2D eigenvalue weighted by molar-refractivity contribution is 0.0699. The topological polar surface area (TPSA) is 39.1 Å². The fourth-order valence-corrected chi connectivity index (χ4v) is 2.12. The first kappa shape index (κ1) is 11.5. The molecule has 0 aliphatic carbocycles. The Morgan fingerprint density at radius 1 is 1.50 bits per heavy atom. The molecule has 0 amide bonds. The normalized spacial score (nSPS) is 17.6. The van der Waals surface area contributed by atoms with Crippen LogP contribution in [0.4, 0.5) is 5.95 Å². The van der Waals surface area contributed by atoms with Gasteiger partial charge in [-0.15, -0.1) is 0 Å². The van der Waals surface area contributed by atoms with Crippen LogP contribution < -0.4 is 5.32 Å². The number of anilines is 1. The number of rotatable bonds is 4. The Hall–Kier alpha value is -1.03. The monoisotopic (exact) mass is 223 g/mol. The van der Waals surface area contributed by atoms with E-state index in [2.05, 4.69) is 28.0 Å². The zero-order valence-electron chi connectivity index (χ0n) is 10.2. The summed E-state index contributed by atoms with van der Waals surface area (Å²) in [5.74, 6) is 1.74. The summed E-state index contributed by atoms with van der Waals surface area (Å²) in [4.78, 5) is 4.49. The molecule has 0 aromatic carbocycles. The first-order chi connectivity index (χ1) is 7.79. The highest BCUT2D eigenvalue weighted by molar-refractivity contribution is 5.28. The summed E-state index contributed by atoms with van der Waals surface area (Å²) >= 11 is 0. The zero-order valence-corrected chi connectivity index (χ0v) is 10.2. The molecular formula is C12H21N3O. The van der Waals surface area contributed by atoms with E-state index >= 15 is 0 Å². The Morgan fingerprint density at radius 3 is 2.94 bits per heavy atom. The van der Waals surface area contributed by atoms with Gasteiger partial charge in [0.2, 0.25) is 5.95 Å². The molecular weight excluding hydrogens is 202 g/mol. The van der Waals surface area contributed by atoms with E-state index in [0.29, 0.717) is 0 Å². The van der Waals surface area contributed by atoms with Gasteiger partial charge in [-0.25, -0.2) is 4.98 Å². The number of hydrogen-bond acceptors (Lipinski definition) is 3. The van der Waals surface area contributed by atoms with Crippen molar-refractivity contribution >= 4 is 5.95 Å². The minimum absolute atomic E-state index is 0.732. The predicted molar refractivity (Wildman–Crippen MR) is 64.7 cm³/mol. The van der Waals surface area contributed by atoms with E-state index in [1.165, 1.54) is 12.8 Å². The molecule has 90 valence electrons. The summed E-state index contributed by atoms with van der Waals surface area (Å²) in [5, 5.41) is 3.45. The summed E-state index contributed by atoms with van der Waals surface area (Å²) in [6.07, 6.45) is 4.42. The van der Waals surface area contributed by atoms with Crippen molar-refractivity contribution in [3.8, 4) is 0 Å². The number of ether oxygens (including phenoxy) is 1. The van der Waals surface area contributed by atoms with E-state index in [1.807, 2.05) is 6.92 Å². The van der Waals surface area contributed by atoms with Crippen molar-refractivity contribution in [2.75, 3.05) is 25.1 Å². The van der Waals surface area contributed by atoms with E-state index in [1.54, 1.807) is 0 Å². The van der Waals surface area contributed by atoms with Crippen LogP contribution >= 0.6 is 0 Å². The zero-order chi connectivity index (χ0) is 11.4. The maximum absolute atomic E-state index is 5.35. The van der Waals surface area contributed by atoms with Crippen LogP contribution in [0.2, 0.25) is 0 Å². The van der Waals surface area contributed by atoms with Crippen LogP contribution in [0.1, 0.15) is 25.5 Å². The van der Waals surface area contributed by atoms with Gasteiger partial charge < -0.3 is 14.6 Å². The van der Waals surface area contributed by atoms with Crippen molar-refractivity contribution in [2.45, 2.75) is 33.2 Å². The molecule has 0 radical (unpaired) electrons. The van der Waals surface area contributed by atoms with Crippen LogP contribution in [-0.2, 0) is 11.3 Å². The van der Waals surface area contributed by atoms with Crippen LogP contribution in [-0.4, -0.2) is 29.3 Å². The van der Waals surface area contributed by atoms with Crippen molar-refractivity contribution in [3.63, 3.8) is 0 Å². The molecule has 0 saturated carbocycles. The Kier molecular flexibility index (Phi) is 3.83. The van der Waals surface area contributed by atoms with Gasteiger partial charge >= 0.3 is 0 Å². The van der Waals surface area contributed by atoms with Crippen LogP contribution in [0.5, 0.6) is 0 Å². The molecule has 1 fully saturated rings. The van der Waals surface area contributed by atoms with E-state index in [0.717, 1.165) is 43.9 Å². The minimum Gasteiger partial charge on any atom is -0.381 e. The molecule has 1 N–H and O–H groups in total. The molecule has 1 aliphatic heterocycles. The van der Waals surface area contributed by atoms with Crippen LogP contribution in [0.3, 0.4) is 0 Å². The van der Waals surface area contributed by atoms with Crippen molar-refractivity contribution < 1.29 is 4.74 Å². The second kappa shape index (κ2) is 5.34. The Bertz CT molecular complexity index is 329. The summed E-state index contributed by atoms with van der Waals surface area (Å²) in [6.45, 7) is 7.98. The average molecular weight is 223 g/mol. The molecule has 1 aliphatic rings. The molecule has 1 aromatic rings. The van der Waals surface area contributed by atoms with Crippen LogP contribution in [0.15, 0.2) is 6.20 Å². The lowest BCUT2D eigenvalue weighted by Crippen LogP contribution is -2.23. The fraction of sp³-hybridized carbons (Fsp3) is 0.750. The number of hydrogen-bond donors (Lipinski definition) is 1. The minimum atomic E-state index is 0.732. The molecule has 2 heterocycles. The van der Waals surface area contributed by atoms with Gasteiger partial charge in [0, 0.05) is 32.5 Å². The number of imidazole rings is 1. The molecule has 0 unspecified atom stereocenters. The van der Waals surface area contributed by atoms with E-state index in [-0.39, 0.29) is 0 Å². The SMILES string of the molecule is CCn1cc(C)nc1NCC1CCOCC1. The predicted octanol–water partition coefficient (Wildman–Crippen LogP) is 2.05. The number of aromatic nitrogens is 2. The first-order valence-electron chi connectivity index (χ1n) is 6.15. The lowest BCUT2D eigenvalue weighted by Gasteiger charge is -2.22. The maximum atomic E-state index is 5.35. The molecule has 0 spiro atoms. The number of aryl methyl sites for hydroxylation is 2. The maximum Gasteiger partial charge on any atom is 0.203 e. The second-order valence-corrected chi connectivity index (χ2v) is 4.43. The van der Waals surface area contributed by atoms with Crippen LogP contribution in [0.25, 0.3) is 0 Å². The number of nitrogens with zero attached hydrogens (tertiary/aromatic N) is 2. The molecule has 1 saturated heterocycles. The molecule has 16 heavy (non-hydrogen) atoms. The summed E-state index contributed by atoms with van der Waals surface area (Å²) in [5.41, 5.74) is 1.08. The van der Waals surface area contributed by atoms with Crippen molar-refractivity contribution in [1.29, 1.82) is 0 Å². The quantitative estimate of drug-likeness (QED) is 0.849. The van der Waals surface area contributed by atoms with Crippen molar-refractivity contribution in [1.82, 2.24) is 9.55 Å². The van der Waals surface area contributed by atoms with E-state index < -0.39 is 0 Å². The molecule has 0 bridgehead atoms. The summed E-state index contributed by atoms with van der Waals surface area (Å²) < 4.78 is 7.51. The molecule has 1 aromatic heterocycles. The number of nitrogens with one attached hydrogen (secondary N) is 1. The first-order valence-corrected chi connectivity index (χ1v) is 6.15. The lowest BCUT2D eigenvalue weighted by atomic mass is 10.0. The highest BCUT2D eigenvalue weighted by Crippen LogP contribution is 2.16. The van der Waals surface area contributed by atoms with E-state index in [4.69, 9.17) is 4.74 Å². The fourth-order valence-electron chi connectivity index (χ4n) is 2.12. The summed E-state index contributed by atoms with van der Waals surface area (Å²) in [6, 6.07) is 0. The Balaban J connectivity index is 1.87. The van der Waals surface area contributed by atoms with Gasteiger partial charge in [0.1, 0.15) is 0 Å². The third kappa shape index (κ3) is 2.76. The van der Waals surface area contributed by atoms with Gasteiger partial charge in [0.05, 0.1) is 5.69 Å². The summed E-state index contributed by atoms with van der Waals surface area (Å²) in [7, 11) is 0. The Morgan fingerprint density at radius 2 is 2.25 bits per heavy atom. The standard InChI is InChI=1S/C12H21N3O/c1-3-15-9-10(2)14-12(15)13-8-11-4-6-16-7-5-11/h9,11H,3-8H2,1-2H3,(H,13,14). The molecule has 0 atom stereocenters. The highest BCUT2D eigenvalue weighted by Gasteiger charge is 2.14. The highest BCUT2D eigenvalue weighted by atomic mass is 16.5. The molecule has 4 heteroatoms. The third-order valence-corrected chi connectivity index (χ3v) is 3.13. The third-order valence-electron chi connectivity index (χ3n) is 3.13. The smallest absolute Gasteiger partial charge is 0.203 e. The van der Waals surface area contributed by atoms with Gasteiger partial charge in [0.25, 0.3) is 0 Å². The van der Waals surface area contributed by atoms with Gasteiger partial charge in [0.15, 0.2) is 0 Å². The van der Waals surface area contributed by atoms with Crippen molar-refractivity contribution in [3.05, 3.63) is 11.9 Å². The largest absolute Gasteiger partial charge is 0.381 e. The molecule has 2 rings (SSSR count). The van der Waals surface area contributed by atoms with Gasteiger partial charge in [-0.3, -0.25) is 0 Å². The Labute approximate surface area is 97.0 Å². The van der Waals surface area contributed by atoms with E-state index in [9.17, 15) is 0 Å². The average Bonchev–Trinajstić information content (AvgIpc) is 2.68. The molecule has 4 nitrogen and oxygen atoms in total. The van der Waals surface area contributed by atoms with Gasteiger partial charge in [-0.2, -0.15) is 0 Å². The van der Waals surface area contributed by atoms with Crippen molar-refractivity contribution in [2.24, 2.45) is 5.92 Å². The van der Waals surface area contributed by atoms with Gasteiger partial charge in [-0.05, 0) is 32.6 Å². The second-order valence-electron chi connectivity index (χ2n) is 4.43. The van der Waals surface area contributed by atoms with Gasteiger partial charge in [-0.1, -0.05) is 0 Å². The van der Waals surface area contributed by atoms with Crippen LogP contribution in [0, 0.1) is 12.8 Å².